The topological polar surface area (TPSA) is 57.2 Å². The van der Waals surface area contributed by atoms with E-state index in [2.05, 4.69) is 6.92 Å². The predicted molar refractivity (Wildman–Crippen MR) is 92.0 cm³/mol. The molecule has 5 nitrogen and oxygen atoms in total. The smallest absolute Gasteiger partial charge is 0.163 e. The second kappa shape index (κ2) is 8.81. The van der Waals surface area contributed by atoms with Crippen LogP contribution in [0.15, 0.2) is 24.3 Å². The first kappa shape index (κ1) is 19.2. The molecular formula is C19H30O5. The van der Waals surface area contributed by atoms with Gasteiger partial charge in [0.05, 0.1) is 26.4 Å². The van der Waals surface area contributed by atoms with E-state index in [4.69, 9.17) is 18.9 Å². The van der Waals surface area contributed by atoms with Crippen molar-refractivity contribution in [3.8, 4) is 5.75 Å². The predicted octanol–water partition coefficient (Wildman–Crippen LogP) is 3.14. The zero-order valence-corrected chi connectivity index (χ0v) is 15.2. The Morgan fingerprint density at radius 2 is 1.92 bits per heavy atom. The summed E-state index contributed by atoms with van der Waals surface area (Å²) in [5.41, 5.74) is 1.14. The van der Waals surface area contributed by atoms with Crippen LogP contribution in [0, 0.1) is 5.92 Å². The Morgan fingerprint density at radius 1 is 1.21 bits per heavy atom. The second-order valence-electron chi connectivity index (χ2n) is 6.84. The highest BCUT2D eigenvalue weighted by molar-refractivity contribution is 5.26. The monoisotopic (exact) mass is 338 g/mol. The number of hydrogen-bond donors (Lipinski definition) is 1. The second-order valence-corrected chi connectivity index (χ2v) is 6.84. The minimum absolute atomic E-state index is 0.00753. The number of rotatable bonds is 9. The SMILES string of the molecule is COc1ccc(COCCC[C@@H](C)[C@H]2OC(C)(C)O[C@@H]2CO)cc1. The first-order chi connectivity index (χ1) is 11.4. The number of methoxy groups -OCH3 is 1. The van der Waals surface area contributed by atoms with E-state index in [1.807, 2.05) is 38.1 Å². The van der Waals surface area contributed by atoms with E-state index in [0.29, 0.717) is 19.1 Å². The molecule has 0 aromatic heterocycles. The Morgan fingerprint density at radius 3 is 2.54 bits per heavy atom. The summed E-state index contributed by atoms with van der Waals surface area (Å²) in [6, 6.07) is 7.90. The molecule has 2 rings (SSSR count). The molecule has 1 aromatic carbocycles. The largest absolute Gasteiger partial charge is 0.497 e. The Balaban J connectivity index is 1.66. The van der Waals surface area contributed by atoms with Crippen LogP contribution in [-0.2, 0) is 20.8 Å². The highest BCUT2D eigenvalue weighted by Gasteiger charge is 2.43. The summed E-state index contributed by atoms with van der Waals surface area (Å²) < 4.78 is 22.5. The quantitative estimate of drug-likeness (QED) is 0.701. The summed E-state index contributed by atoms with van der Waals surface area (Å²) in [6.07, 6.45) is 1.63. The molecular weight excluding hydrogens is 308 g/mol. The van der Waals surface area contributed by atoms with Crippen molar-refractivity contribution < 1.29 is 24.1 Å². The minimum atomic E-state index is -0.614. The van der Waals surface area contributed by atoms with Gasteiger partial charge in [0.25, 0.3) is 0 Å². The van der Waals surface area contributed by atoms with E-state index in [9.17, 15) is 5.11 Å². The summed E-state index contributed by atoms with van der Waals surface area (Å²) in [5.74, 6) is 0.554. The molecule has 0 spiro atoms. The molecule has 5 heteroatoms. The Kier molecular flexibility index (Phi) is 7.04. The fourth-order valence-electron chi connectivity index (χ4n) is 3.07. The molecule has 1 aliphatic heterocycles. The molecule has 1 aromatic rings. The third-order valence-corrected chi connectivity index (χ3v) is 4.34. The average molecular weight is 338 g/mol. The van der Waals surface area contributed by atoms with Gasteiger partial charge in [0.15, 0.2) is 5.79 Å². The molecule has 0 amide bonds. The maximum Gasteiger partial charge on any atom is 0.163 e. The summed E-state index contributed by atoms with van der Waals surface area (Å²) >= 11 is 0. The van der Waals surface area contributed by atoms with Crippen molar-refractivity contribution in [3.05, 3.63) is 29.8 Å². The third kappa shape index (κ3) is 5.45. The first-order valence-electron chi connectivity index (χ1n) is 8.62. The molecule has 0 radical (unpaired) electrons. The van der Waals surface area contributed by atoms with Gasteiger partial charge in [-0.25, -0.2) is 0 Å². The molecule has 1 heterocycles. The highest BCUT2D eigenvalue weighted by Crippen LogP contribution is 2.33. The lowest BCUT2D eigenvalue weighted by Gasteiger charge is -2.22. The van der Waals surface area contributed by atoms with Crippen LogP contribution >= 0.6 is 0 Å². The summed E-state index contributed by atoms with van der Waals surface area (Å²) in [4.78, 5) is 0. The van der Waals surface area contributed by atoms with Crippen LogP contribution in [-0.4, -0.2) is 43.4 Å². The van der Waals surface area contributed by atoms with E-state index in [-0.39, 0.29) is 18.8 Å². The molecule has 0 aliphatic carbocycles. The molecule has 1 saturated heterocycles. The van der Waals surface area contributed by atoms with Crippen molar-refractivity contribution in [3.63, 3.8) is 0 Å². The van der Waals surface area contributed by atoms with Gasteiger partial charge >= 0.3 is 0 Å². The number of ether oxygens (including phenoxy) is 4. The van der Waals surface area contributed by atoms with Gasteiger partial charge in [0.2, 0.25) is 0 Å². The van der Waals surface area contributed by atoms with Gasteiger partial charge in [-0.1, -0.05) is 19.1 Å². The van der Waals surface area contributed by atoms with Gasteiger partial charge in [0, 0.05) is 6.61 Å². The van der Waals surface area contributed by atoms with E-state index in [0.717, 1.165) is 24.2 Å². The Hall–Kier alpha value is -1.14. The van der Waals surface area contributed by atoms with Gasteiger partial charge in [-0.2, -0.15) is 0 Å². The fourth-order valence-corrected chi connectivity index (χ4v) is 3.07. The fraction of sp³-hybridized carbons (Fsp3) is 0.684. The van der Waals surface area contributed by atoms with Crippen molar-refractivity contribution in [2.45, 2.75) is 58.2 Å². The molecule has 1 fully saturated rings. The standard InChI is InChI=1S/C19H30O5/c1-14(18-17(12-20)23-19(2,3)24-18)6-5-11-22-13-15-7-9-16(21-4)10-8-15/h7-10,14,17-18,20H,5-6,11-13H2,1-4H3/t14-,17-,18-/m1/s1. The van der Waals surface area contributed by atoms with Gasteiger partial charge in [-0.15, -0.1) is 0 Å². The van der Waals surface area contributed by atoms with Crippen molar-refractivity contribution in [2.75, 3.05) is 20.3 Å². The van der Waals surface area contributed by atoms with Gasteiger partial charge in [0.1, 0.15) is 11.9 Å². The zero-order valence-electron chi connectivity index (χ0n) is 15.2. The van der Waals surface area contributed by atoms with Crippen LogP contribution in [0.25, 0.3) is 0 Å². The average Bonchev–Trinajstić information content (AvgIpc) is 2.90. The van der Waals surface area contributed by atoms with Crippen molar-refractivity contribution in [1.29, 1.82) is 0 Å². The van der Waals surface area contributed by atoms with Gasteiger partial charge in [-0.3, -0.25) is 0 Å². The zero-order chi connectivity index (χ0) is 17.6. The molecule has 0 bridgehead atoms. The van der Waals surface area contributed by atoms with Gasteiger partial charge in [-0.05, 0) is 50.3 Å². The van der Waals surface area contributed by atoms with Crippen molar-refractivity contribution >= 4 is 0 Å². The number of aliphatic hydroxyl groups excluding tert-OH is 1. The van der Waals surface area contributed by atoms with Crippen LogP contribution < -0.4 is 4.74 Å². The van der Waals surface area contributed by atoms with Crippen LogP contribution in [0.5, 0.6) is 5.75 Å². The number of hydrogen-bond acceptors (Lipinski definition) is 5. The highest BCUT2D eigenvalue weighted by atomic mass is 16.8. The molecule has 1 N–H and O–H groups in total. The lowest BCUT2D eigenvalue weighted by atomic mass is 9.95. The van der Waals surface area contributed by atoms with E-state index in [1.165, 1.54) is 0 Å². The van der Waals surface area contributed by atoms with Crippen LogP contribution in [0.2, 0.25) is 0 Å². The molecule has 0 unspecified atom stereocenters. The minimum Gasteiger partial charge on any atom is -0.497 e. The molecule has 0 saturated carbocycles. The number of aliphatic hydroxyl groups is 1. The maximum absolute atomic E-state index is 9.45. The van der Waals surface area contributed by atoms with Gasteiger partial charge < -0.3 is 24.1 Å². The maximum atomic E-state index is 9.45. The van der Waals surface area contributed by atoms with Crippen LogP contribution in [0.1, 0.15) is 39.2 Å². The summed E-state index contributed by atoms with van der Waals surface area (Å²) in [6.45, 7) is 7.22. The molecule has 3 atom stereocenters. The lowest BCUT2D eigenvalue weighted by molar-refractivity contribution is -0.152. The Bertz CT molecular complexity index is 485. The van der Waals surface area contributed by atoms with E-state index < -0.39 is 5.79 Å². The Labute approximate surface area is 144 Å². The first-order valence-corrected chi connectivity index (χ1v) is 8.62. The normalized spacial score (nSPS) is 24.0. The molecule has 136 valence electrons. The van der Waals surface area contributed by atoms with E-state index >= 15 is 0 Å². The van der Waals surface area contributed by atoms with Crippen molar-refractivity contribution in [2.24, 2.45) is 5.92 Å². The number of benzene rings is 1. The van der Waals surface area contributed by atoms with Crippen LogP contribution in [0.3, 0.4) is 0 Å². The third-order valence-electron chi connectivity index (χ3n) is 4.34. The van der Waals surface area contributed by atoms with Crippen LogP contribution in [0.4, 0.5) is 0 Å². The summed E-state index contributed by atoms with van der Waals surface area (Å²) in [5, 5.41) is 9.45. The molecule has 24 heavy (non-hydrogen) atoms. The summed E-state index contributed by atoms with van der Waals surface area (Å²) in [7, 11) is 1.66. The lowest BCUT2D eigenvalue weighted by Crippen LogP contribution is -2.32. The van der Waals surface area contributed by atoms with E-state index in [1.54, 1.807) is 7.11 Å². The van der Waals surface area contributed by atoms with Crippen molar-refractivity contribution in [1.82, 2.24) is 0 Å². The molecule has 1 aliphatic rings.